The third-order valence-electron chi connectivity index (χ3n) is 4.55. The van der Waals surface area contributed by atoms with Crippen LogP contribution in [0.1, 0.15) is 44.2 Å². The smallest absolute Gasteiger partial charge is 0.311 e. The minimum atomic E-state index is -0.164. The van der Waals surface area contributed by atoms with E-state index in [2.05, 4.69) is 25.1 Å². The molecule has 1 aliphatic carbocycles. The summed E-state index contributed by atoms with van der Waals surface area (Å²) < 4.78 is 5.31. The molecule has 0 heterocycles. The number of rotatable bonds is 4. The lowest BCUT2D eigenvalue weighted by atomic mass is 9.83. The highest BCUT2D eigenvalue weighted by Crippen LogP contribution is 2.30. The van der Waals surface area contributed by atoms with Crippen LogP contribution in [-0.2, 0) is 17.6 Å². The first-order valence-corrected chi connectivity index (χ1v) is 8.58. The lowest BCUT2D eigenvalue weighted by molar-refractivity contribution is -0.134. The number of aryl methyl sites for hydroxylation is 1. The summed E-state index contributed by atoms with van der Waals surface area (Å²) in [5.41, 5.74) is 5.39. The van der Waals surface area contributed by atoms with E-state index in [4.69, 9.17) is 4.74 Å². The maximum absolute atomic E-state index is 11.5. The third kappa shape index (κ3) is 3.82. The minimum absolute atomic E-state index is 0.164. The summed E-state index contributed by atoms with van der Waals surface area (Å²) >= 11 is 0. The molecule has 2 nitrogen and oxygen atoms in total. The number of ether oxygens (including phenoxy) is 1. The Balaban J connectivity index is 1.76. The highest BCUT2D eigenvalue weighted by atomic mass is 16.5. The summed E-state index contributed by atoms with van der Waals surface area (Å²) in [7, 11) is 0. The van der Waals surface area contributed by atoms with Crippen molar-refractivity contribution in [2.24, 2.45) is 5.92 Å². The van der Waals surface area contributed by atoms with Crippen molar-refractivity contribution in [2.45, 2.75) is 46.0 Å². The van der Waals surface area contributed by atoms with Gasteiger partial charge in [-0.1, -0.05) is 44.2 Å². The summed E-state index contributed by atoms with van der Waals surface area (Å²) in [4.78, 5) is 11.5. The average molecular weight is 308 g/mol. The molecule has 0 saturated carbocycles. The van der Waals surface area contributed by atoms with Gasteiger partial charge in [0.05, 0.1) is 0 Å². The molecule has 0 saturated heterocycles. The molecule has 0 N–H and O–H groups in total. The molecule has 0 amide bonds. The van der Waals surface area contributed by atoms with E-state index in [0.717, 1.165) is 12.3 Å². The Labute approximate surface area is 138 Å². The highest BCUT2D eigenvalue weighted by molar-refractivity contribution is 5.73. The normalized spacial score (nSPS) is 16.7. The molecular weight excluding hydrogens is 284 g/mol. The van der Waals surface area contributed by atoms with Gasteiger partial charge in [-0.2, -0.15) is 0 Å². The maximum Gasteiger partial charge on any atom is 0.311 e. The summed E-state index contributed by atoms with van der Waals surface area (Å²) in [6, 6.07) is 14.6. The Bertz CT molecular complexity index is 685. The Morgan fingerprint density at radius 1 is 1.09 bits per heavy atom. The van der Waals surface area contributed by atoms with Crippen LogP contribution in [0.2, 0.25) is 0 Å². The van der Waals surface area contributed by atoms with Gasteiger partial charge in [0, 0.05) is 6.42 Å². The zero-order valence-electron chi connectivity index (χ0n) is 14.0. The number of benzene rings is 2. The van der Waals surface area contributed by atoms with Gasteiger partial charge in [0.25, 0.3) is 0 Å². The molecule has 3 rings (SSSR count). The van der Waals surface area contributed by atoms with Gasteiger partial charge in [-0.15, -0.1) is 0 Å². The lowest BCUT2D eigenvalue weighted by Gasteiger charge is -2.22. The Kier molecular flexibility index (Phi) is 4.80. The number of carbonyl (C=O) groups is 1. The Morgan fingerprint density at radius 3 is 2.57 bits per heavy atom. The van der Waals surface area contributed by atoms with Gasteiger partial charge in [0.2, 0.25) is 0 Å². The van der Waals surface area contributed by atoms with Gasteiger partial charge in [-0.3, -0.25) is 4.79 Å². The lowest BCUT2D eigenvalue weighted by Crippen LogP contribution is -2.11. The fourth-order valence-corrected chi connectivity index (χ4v) is 3.22. The van der Waals surface area contributed by atoms with Crippen LogP contribution in [0.3, 0.4) is 0 Å². The molecular formula is C21H24O2. The van der Waals surface area contributed by atoms with E-state index in [1.807, 2.05) is 31.2 Å². The summed E-state index contributed by atoms with van der Waals surface area (Å²) in [6.45, 7) is 4.30. The van der Waals surface area contributed by atoms with Crippen molar-refractivity contribution in [1.29, 1.82) is 0 Å². The fraction of sp³-hybridized carbons (Fsp3) is 0.381. The molecule has 0 aromatic heterocycles. The molecule has 1 atom stereocenters. The van der Waals surface area contributed by atoms with E-state index in [-0.39, 0.29) is 5.97 Å². The summed E-state index contributed by atoms with van der Waals surface area (Å²) in [6.07, 6.45) is 4.93. The molecule has 2 aromatic carbocycles. The molecule has 0 spiro atoms. The van der Waals surface area contributed by atoms with Crippen LogP contribution in [0.4, 0.5) is 0 Å². The van der Waals surface area contributed by atoms with Crippen molar-refractivity contribution in [2.75, 3.05) is 0 Å². The first-order valence-electron chi connectivity index (χ1n) is 8.58. The van der Waals surface area contributed by atoms with Crippen molar-refractivity contribution in [3.63, 3.8) is 0 Å². The third-order valence-corrected chi connectivity index (χ3v) is 4.55. The number of esters is 1. The van der Waals surface area contributed by atoms with Gasteiger partial charge in [0.1, 0.15) is 5.75 Å². The van der Waals surface area contributed by atoms with Crippen molar-refractivity contribution in [3.8, 4) is 16.9 Å². The van der Waals surface area contributed by atoms with Crippen LogP contribution in [0, 0.1) is 5.92 Å². The predicted molar refractivity (Wildman–Crippen MR) is 93.6 cm³/mol. The van der Waals surface area contributed by atoms with Crippen LogP contribution in [0.25, 0.3) is 11.1 Å². The molecule has 0 fully saturated rings. The van der Waals surface area contributed by atoms with E-state index in [0.29, 0.717) is 12.2 Å². The van der Waals surface area contributed by atoms with E-state index < -0.39 is 0 Å². The van der Waals surface area contributed by atoms with Gasteiger partial charge in [-0.25, -0.2) is 0 Å². The van der Waals surface area contributed by atoms with E-state index in [1.54, 1.807) is 0 Å². The Morgan fingerprint density at radius 2 is 1.83 bits per heavy atom. The zero-order valence-corrected chi connectivity index (χ0v) is 14.0. The topological polar surface area (TPSA) is 26.3 Å². The molecule has 0 radical (unpaired) electrons. The predicted octanol–water partition coefficient (Wildman–Crippen LogP) is 5.18. The number of carbonyl (C=O) groups excluding carboxylic acids is 1. The second kappa shape index (κ2) is 6.99. The molecule has 2 heteroatoms. The number of hydrogen-bond acceptors (Lipinski definition) is 2. The number of fused-ring (bicyclic) bond motifs is 1. The van der Waals surface area contributed by atoms with Crippen molar-refractivity contribution in [3.05, 3.63) is 53.6 Å². The molecule has 1 aliphatic rings. The minimum Gasteiger partial charge on any atom is -0.427 e. The molecule has 120 valence electrons. The largest absolute Gasteiger partial charge is 0.427 e. The molecule has 0 aliphatic heterocycles. The van der Waals surface area contributed by atoms with Crippen LogP contribution in [-0.4, -0.2) is 5.97 Å². The second-order valence-corrected chi connectivity index (χ2v) is 6.58. The van der Waals surface area contributed by atoms with Crippen molar-refractivity contribution < 1.29 is 9.53 Å². The first-order chi connectivity index (χ1) is 11.2. The standard InChI is InChI=1S/C21H24O2/c1-3-4-21(22)23-20-11-9-16(10-12-20)18-8-7-17-13-15(2)5-6-19(17)14-18/h7-12,14-15H,3-6,13H2,1-2H3. The van der Waals surface area contributed by atoms with E-state index in [9.17, 15) is 4.79 Å². The fourth-order valence-electron chi connectivity index (χ4n) is 3.22. The molecule has 0 bridgehead atoms. The Hall–Kier alpha value is -2.09. The van der Waals surface area contributed by atoms with Crippen LogP contribution in [0.15, 0.2) is 42.5 Å². The summed E-state index contributed by atoms with van der Waals surface area (Å²) in [5, 5.41) is 0. The maximum atomic E-state index is 11.5. The van der Waals surface area contributed by atoms with Crippen LogP contribution in [0.5, 0.6) is 5.75 Å². The van der Waals surface area contributed by atoms with Crippen LogP contribution >= 0.6 is 0 Å². The van der Waals surface area contributed by atoms with Gasteiger partial charge < -0.3 is 4.74 Å². The quantitative estimate of drug-likeness (QED) is 0.574. The van der Waals surface area contributed by atoms with Crippen LogP contribution < -0.4 is 4.74 Å². The molecule has 1 unspecified atom stereocenters. The van der Waals surface area contributed by atoms with Gasteiger partial charge in [-0.05, 0) is 66.0 Å². The van der Waals surface area contributed by atoms with Gasteiger partial charge >= 0.3 is 5.97 Å². The zero-order chi connectivity index (χ0) is 16.2. The first kappa shape index (κ1) is 15.8. The molecule has 2 aromatic rings. The molecule has 23 heavy (non-hydrogen) atoms. The monoisotopic (exact) mass is 308 g/mol. The average Bonchev–Trinajstić information content (AvgIpc) is 2.55. The number of hydrogen-bond donors (Lipinski definition) is 0. The summed E-state index contributed by atoms with van der Waals surface area (Å²) in [5.74, 6) is 1.26. The van der Waals surface area contributed by atoms with E-state index in [1.165, 1.54) is 41.5 Å². The van der Waals surface area contributed by atoms with Gasteiger partial charge in [0.15, 0.2) is 0 Å². The van der Waals surface area contributed by atoms with Crippen molar-refractivity contribution in [1.82, 2.24) is 0 Å². The second-order valence-electron chi connectivity index (χ2n) is 6.58. The SMILES string of the molecule is CCCC(=O)Oc1ccc(-c2ccc3c(c2)CCC(C)C3)cc1. The van der Waals surface area contributed by atoms with Crippen molar-refractivity contribution >= 4 is 5.97 Å². The highest BCUT2D eigenvalue weighted by Gasteiger charge is 2.15. The van der Waals surface area contributed by atoms with E-state index >= 15 is 0 Å².